The summed E-state index contributed by atoms with van der Waals surface area (Å²) >= 11 is 0. The van der Waals surface area contributed by atoms with Gasteiger partial charge < -0.3 is 15.1 Å². The molecule has 1 unspecified atom stereocenters. The Morgan fingerprint density at radius 3 is 2.50 bits per heavy atom. The predicted molar refractivity (Wildman–Crippen MR) is 140 cm³/mol. The zero-order chi connectivity index (χ0) is 26.9. The summed E-state index contributed by atoms with van der Waals surface area (Å²) in [6, 6.07) is 9.14. The van der Waals surface area contributed by atoms with Gasteiger partial charge in [0.25, 0.3) is 5.91 Å². The number of carbonyl (C=O) groups excluding carboxylic acids is 1. The smallest absolute Gasteiger partial charge is 0.364 e. The lowest BCUT2D eigenvalue weighted by molar-refractivity contribution is -0.137. The second-order valence-electron chi connectivity index (χ2n) is 10.2. The van der Waals surface area contributed by atoms with Gasteiger partial charge in [0.15, 0.2) is 0 Å². The lowest BCUT2D eigenvalue weighted by Gasteiger charge is -2.34. The minimum Gasteiger partial charge on any atom is -0.364 e. The molecule has 5 rings (SSSR count). The largest absolute Gasteiger partial charge is 0.416 e. The summed E-state index contributed by atoms with van der Waals surface area (Å²) in [5, 5.41) is 2.79. The molecule has 1 aromatic heterocycles. The van der Waals surface area contributed by atoms with Crippen molar-refractivity contribution in [3.63, 3.8) is 0 Å². The van der Waals surface area contributed by atoms with E-state index < -0.39 is 17.6 Å². The molecule has 0 bridgehead atoms. The molecular weight excluding hydrogens is 493 g/mol. The maximum Gasteiger partial charge on any atom is 0.416 e. The summed E-state index contributed by atoms with van der Waals surface area (Å²) in [5.74, 6) is -0.200. The molecule has 1 fully saturated rings. The number of likely N-dealkylation sites (N-methyl/N-ethyl adjacent to an activating group) is 1. The molecule has 1 saturated heterocycles. The first-order valence-electron chi connectivity index (χ1n) is 12.7. The highest BCUT2D eigenvalue weighted by atomic mass is 19.4. The van der Waals surface area contributed by atoms with Crippen LogP contribution >= 0.6 is 0 Å². The average molecular weight is 525 g/mol. The number of hydrogen-bond acceptors (Lipinski definition) is 6. The zero-order valence-electron chi connectivity index (χ0n) is 21.5. The Hall–Kier alpha value is -3.50. The molecule has 38 heavy (non-hydrogen) atoms. The monoisotopic (exact) mass is 524 g/mol. The van der Waals surface area contributed by atoms with Gasteiger partial charge in [0.1, 0.15) is 6.33 Å². The summed E-state index contributed by atoms with van der Waals surface area (Å²) in [6.07, 6.45) is 0.505. The normalized spacial score (nSPS) is 18.8. The van der Waals surface area contributed by atoms with Gasteiger partial charge in [-0.15, -0.1) is 0 Å². The van der Waals surface area contributed by atoms with Gasteiger partial charge in [-0.05, 0) is 53.9 Å². The highest BCUT2D eigenvalue weighted by Crippen LogP contribution is 2.34. The minimum atomic E-state index is -4.50. The van der Waals surface area contributed by atoms with Crippen LogP contribution in [0, 0.1) is 0 Å². The number of anilines is 2. The van der Waals surface area contributed by atoms with E-state index in [0.29, 0.717) is 24.2 Å². The van der Waals surface area contributed by atoms with Crippen LogP contribution in [0.5, 0.6) is 0 Å². The van der Waals surface area contributed by atoms with Crippen LogP contribution in [0.15, 0.2) is 55.1 Å². The maximum atomic E-state index is 13.5. The summed E-state index contributed by atoms with van der Waals surface area (Å²) in [6.45, 7) is 7.40. The van der Waals surface area contributed by atoms with Crippen LogP contribution in [-0.4, -0.2) is 65.4 Å². The number of nitrogens with one attached hydrogen (secondary N) is 1. The number of benzene rings is 2. The molecule has 2 aromatic carbocycles. The highest BCUT2D eigenvalue weighted by molar-refractivity contribution is 6.05. The Bertz CT molecular complexity index is 1290. The number of carbonyl (C=O) groups is 1. The molecule has 0 saturated carbocycles. The van der Waals surface area contributed by atoms with Gasteiger partial charge in [0, 0.05) is 57.1 Å². The number of fused-ring (bicyclic) bond motifs is 1. The number of nitrogens with zero attached hydrogens (tertiary/aromatic N) is 5. The van der Waals surface area contributed by atoms with Crippen LogP contribution in [0.4, 0.5) is 24.5 Å². The lowest BCUT2D eigenvalue weighted by atomic mass is 9.89. The molecule has 0 aliphatic carbocycles. The summed E-state index contributed by atoms with van der Waals surface area (Å²) in [4.78, 5) is 28.1. The first kappa shape index (κ1) is 26.1. The number of amides is 1. The van der Waals surface area contributed by atoms with E-state index in [1.807, 2.05) is 19.2 Å². The van der Waals surface area contributed by atoms with Crippen LogP contribution < -0.4 is 10.2 Å². The average Bonchev–Trinajstić information content (AvgIpc) is 2.90. The van der Waals surface area contributed by atoms with Crippen molar-refractivity contribution in [2.75, 3.05) is 50.0 Å². The van der Waals surface area contributed by atoms with Gasteiger partial charge in [-0.25, -0.2) is 9.97 Å². The van der Waals surface area contributed by atoms with Crippen LogP contribution in [0.1, 0.15) is 45.5 Å². The van der Waals surface area contributed by atoms with Crippen molar-refractivity contribution < 1.29 is 18.0 Å². The molecule has 0 radical (unpaired) electrons. The van der Waals surface area contributed by atoms with Gasteiger partial charge in [-0.3, -0.25) is 9.69 Å². The van der Waals surface area contributed by atoms with E-state index in [0.717, 1.165) is 61.7 Å². The Labute approximate surface area is 220 Å². The number of aromatic nitrogens is 2. The molecule has 1 atom stereocenters. The van der Waals surface area contributed by atoms with E-state index in [2.05, 4.69) is 36.9 Å². The minimum absolute atomic E-state index is 0.193. The third-order valence-electron chi connectivity index (χ3n) is 7.38. The van der Waals surface area contributed by atoms with Crippen molar-refractivity contribution in [3.05, 3.63) is 82.9 Å². The van der Waals surface area contributed by atoms with Crippen LogP contribution in [0.25, 0.3) is 0 Å². The molecule has 0 spiro atoms. The topological polar surface area (TPSA) is 64.6 Å². The molecule has 7 nitrogen and oxygen atoms in total. The number of alkyl halides is 3. The van der Waals surface area contributed by atoms with Gasteiger partial charge in [-0.1, -0.05) is 19.1 Å². The van der Waals surface area contributed by atoms with E-state index >= 15 is 0 Å². The highest BCUT2D eigenvalue weighted by Gasteiger charge is 2.32. The molecule has 1 N–H and O–H groups in total. The second kappa shape index (κ2) is 10.7. The number of hydrogen-bond donors (Lipinski definition) is 1. The molecule has 3 heterocycles. The number of halogens is 3. The van der Waals surface area contributed by atoms with E-state index in [1.165, 1.54) is 12.4 Å². The van der Waals surface area contributed by atoms with E-state index in [4.69, 9.17) is 0 Å². The fourth-order valence-corrected chi connectivity index (χ4v) is 5.16. The summed E-state index contributed by atoms with van der Waals surface area (Å²) < 4.78 is 40.6. The maximum absolute atomic E-state index is 13.5. The molecule has 2 aliphatic heterocycles. The van der Waals surface area contributed by atoms with E-state index in [1.54, 1.807) is 18.5 Å². The third kappa shape index (κ3) is 5.81. The van der Waals surface area contributed by atoms with Crippen molar-refractivity contribution >= 4 is 17.3 Å². The third-order valence-corrected chi connectivity index (χ3v) is 7.38. The zero-order valence-corrected chi connectivity index (χ0v) is 21.5. The first-order chi connectivity index (χ1) is 18.2. The van der Waals surface area contributed by atoms with Gasteiger partial charge >= 0.3 is 6.18 Å². The Kier molecular flexibility index (Phi) is 7.36. The fraction of sp³-hybridized carbons (Fsp3) is 0.393. The standard InChI is InChI=1S/C28H31F3N6O/c1-19-15-37(24-13-32-18-33-14-24)17-22-11-20(4-6-25(19)22)27(38)34-26-12-23(28(29,30)31)5-3-21(26)16-36-9-7-35(2)8-10-36/h3-6,11-14,18-19H,7-10,15-17H2,1-2H3,(H,34,38). The van der Waals surface area contributed by atoms with Crippen LogP contribution in [0.2, 0.25) is 0 Å². The lowest BCUT2D eigenvalue weighted by Crippen LogP contribution is -2.44. The molecule has 10 heteroatoms. The predicted octanol–water partition coefficient (Wildman–Crippen LogP) is 4.62. The van der Waals surface area contributed by atoms with Crippen molar-refractivity contribution in [2.45, 2.75) is 32.1 Å². The van der Waals surface area contributed by atoms with Crippen LogP contribution in [0.3, 0.4) is 0 Å². The SMILES string of the molecule is CC1CN(c2cncnc2)Cc2cc(C(=O)Nc3cc(C(F)(F)F)ccc3CN3CCN(C)CC3)ccc21. The molecule has 1 amide bonds. The summed E-state index contributed by atoms with van der Waals surface area (Å²) in [5.41, 5.74) is 3.54. The van der Waals surface area contributed by atoms with Gasteiger partial charge in [0.05, 0.1) is 23.6 Å². The van der Waals surface area contributed by atoms with Crippen molar-refractivity contribution in [1.29, 1.82) is 0 Å². The second-order valence-corrected chi connectivity index (χ2v) is 10.2. The van der Waals surface area contributed by atoms with Crippen molar-refractivity contribution in [2.24, 2.45) is 0 Å². The van der Waals surface area contributed by atoms with Crippen molar-refractivity contribution in [3.8, 4) is 0 Å². The first-order valence-corrected chi connectivity index (χ1v) is 12.7. The van der Waals surface area contributed by atoms with Gasteiger partial charge in [-0.2, -0.15) is 13.2 Å². The molecule has 200 valence electrons. The van der Waals surface area contributed by atoms with Crippen molar-refractivity contribution in [1.82, 2.24) is 19.8 Å². The fourth-order valence-electron chi connectivity index (χ4n) is 5.16. The Balaban J connectivity index is 1.39. The van der Waals surface area contributed by atoms with Crippen LogP contribution in [-0.2, 0) is 19.3 Å². The quantitative estimate of drug-likeness (QED) is 0.526. The van der Waals surface area contributed by atoms with E-state index in [-0.39, 0.29) is 11.6 Å². The number of piperazine rings is 1. The number of rotatable bonds is 5. The Morgan fingerprint density at radius 1 is 1.05 bits per heavy atom. The molecule has 3 aromatic rings. The summed E-state index contributed by atoms with van der Waals surface area (Å²) in [7, 11) is 2.05. The van der Waals surface area contributed by atoms with Gasteiger partial charge in [0.2, 0.25) is 0 Å². The molecular formula is C28H31F3N6O. The Morgan fingerprint density at radius 2 is 1.79 bits per heavy atom. The molecule has 2 aliphatic rings. The van der Waals surface area contributed by atoms with E-state index in [9.17, 15) is 18.0 Å².